The number of hydrogen-bond acceptors (Lipinski definition) is 6. The summed E-state index contributed by atoms with van der Waals surface area (Å²) in [6.07, 6.45) is 1.16. The number of rotatable bonds is 1. The van der Waals surface area contributed by atoms with E-state index in [1.165, 1.54) is 6.07 Å². The molecule has 3 rings (SSSR count). The minimum atomic E-state index is -0.602. The van der Waals surface area contributed by atoms with Crippen LogP contribution in [0.2, 0.25) is 0 Å². The first kappa shape index (κ1) is 14.2. The van der Waals surface area contributed by atoms with Crippen LogP contribution in [0.5, 0.6) is 0 Å². The van der Waals surface area contributed by atoms with Crippen molar-refractivity contribution in [2.45, 2.75) is 0 Å². The highest BCUT2D eigenvalue weighted by Gasteiger charge is 2.24. The van der Waals surface area contributed by atoms with Crippen molar-refractivity contribution in [3.8, 4) is 0 Å². The second-order valence-corrected chi connectivity index (χ2v) is 5.63. The van der Waals surface area contributed by atoms with Gasteiger partial charge in [-0.3, -0.25) is 9.59 Å². The van der Waals surface area contributed by atoms with Gasteiger partial charge in [0.1, 0.15) is 12.0 Å². The first-order valence-electron chi connectivity index (χ1n) is 6.22. The van der Waals surface area contributed by atoms with Crippen LogP contribution < -0.4 is 5.56 Å². The SMILES string of the molecule is O=C(c1ncnc2c1c(I)cc(=O)n2O)N1CCOCC1. The number of pyridine rings is 1. The van der Waals surface area contributed by atoms with Crippen molar-refractivity contribution in [3.05, 3.63) is 32.0 Å². The van der Waals surface area contributed by atoms with Crippen LogP contribution in [0.15, 0.2) is 17.2 Å². The van der Waals surface area contributed by atoms with E-state index in [1.807, 2.05) is 22.6 Å². The van der Waals surface area contributed by atoms with Crippen molar-refractivity contribution < 1.29 is 14.7 Å². The maximum atomic E-state index is 12.6. The van der Waals surface area contributed by atoms with Gasteiger partial charge in [0, 0.05) is 22.7 Å². The number of halogens is 1. The Kier molecular flexibility index (Phi) is 3.76. The molecule has 1 fully saturated rings. The number of hydrogen-bond donors (Lipinski definition) is 1. The minimum absolute atomic E-state index is 0.0264. The van der Waals surface area contributed by atoms with Crippen molar-refractivity contribution in [1.29, 1.82) is 0 Å². The number of aromatic nitrogens is 3. The highest BCUT2D eigenvalue weighted by Crippen LogP contribution is 2.21. The summed E-state index contributed by atoms with van der Waals surface area (Å²) < 4.78 is 6.17. The minimum Gasteiger partial charge on any atom is -0.423 e. The maximum Gasteiger partial charge on any atom is 0.285 e. The molecule has 0 radical (unpaired) electrons. The lowest BCUT2D eigenvalue weighted by Gasteiger charge is -2.26. The van der Waals surface area contributed by atoms with Crippen LogP contribution in [-0.2, 0) is 4.74 Å². The number of ether oxygens (including phenoxy) is 1. The van der Waals surface area contributed by atoms with Crippen molar-refractivity contribution in [3.63, 3.8) is 0 Å². The Balaban J connectivity index is 2.17. The summed E-state index contributed by atoms with van der Waals surface area (Å²) in [5, 5.41) is 10.1. The largest absolute Gasteiger partial charge is 0.423 e. The molecular formula is C12H11IN4O4. The average molecular weight is 402 g/mol. The lowest BCUT2D eigenvalue weighted by atomic mass is 10.2. The molecule has 1 amide bonds. The van der Waals surface area contributed by atoms with Gasteiger partial charge in [-0.05, 0) is 22.6 Å². The number of amides is 1. The predicted octanol–water partition coefficient (Wildman–Crippen LogP) is 0.106. The molecule has 0 aliphatic carbocycles. The fraction of sp³-hybridized carbons (Fsp3) is 0.333. The molecule has 1 aliphatic rings. The van der Waals surface area contributed by atoms with Crippen molar-refractivity contribution in [1.82, 2.24) is 19.6 Å². The third kappa shape index (κ3) is 2.46. The second kappa shape index (κ2) is 5.56. The summed E-state index contributed by atoms with van der Waals surface area (Å²) in [7, 11) is 0. The summed E-state index contributed by atoms with van der Waals surface area (Å²) in [6.45, 7) is 1.94. The van der Waals surface area contributed by atoms with E-state index in [1.54, 1.807) is 4.90 Å². The highest BCUT2D eigenvalue weighted by molar-refractivity contribution is 14.1. The van der Waals surface area contributed by atoms with Crippen LogP contribution in [0.3, 0.4) is 0 Å². The van der Waals surface area contributed by atoms with E-state index in [0.717, 1.165) is 6.33 Å². The number of nitrogens with zero attached hydrogens (tertiary/aromatic N) is 4. The third-order valence-corrected chi connectivity index (χ3v) is 4.08. The molecule has 0 atom stereocenters. The second-order valence-electron chi connectivity index (χ2n) is 4.47. The summed E-state index contributed by atoms with van der Waals surface area (Å²) >= 11 is 1.93. The zero-order valence-corrected chi connectivity index (χ0v) is 13.0. The molecule has 21 heavy (non-hydrogen) atoms. The van der Waals surface area contributed by atoms with Gasteiger partial charge < -0.3 is 14.8 Å². The van der Waals surface area contributed by atoms with Gasteiger partial charge in [-0.15, -0.1) is 4.73 Å². The molecule has 2 aromatic rings. The van der Waals surface area contributed by atoms with Crippen molar-refractivity contribution in [2.75, 3.05) is 26.3 Å². The Hall–Kier alpha value is -1.75. The molecule has 8 nitrogen and oxygen atoms in total. The topological polar surface area (TPSA) is 97.5 Å². The summed E-state index contributed by atoms with van der Waals surface area (Å²) in [5.74, 6) is -0.262. The Labute approximate surface area is 132 Å². The highest BCUT2D eigenvalue weighted by atomic mass is 127. The molecule has 0 spiro atoms. The van der Waals surface area contributed by atoms with Crippen molar-refractivity contribution >= 4 is 39.5 Å². The quantitative estimate of drug-likeness (QED) is 0.537. The van der Waals surface area contributed by atoms with E-state index in [2.05, 4.69) is 9.97 Å². The smallest absolute Gasteiger partial charge is 0.285 e. The molecule has 1 aliphatic heterocycles. The Morgan fingerprint density at radius 2 is 2.05 bits per heavy atom. The molecule has 1 saturated heterocycles. The van der Waals surface area contributed by atoms with Gasteiger partial charge in [0.25, 0.3) is 11.5 Å². The number of fused-ring (bicyclic) bond motifs is 1. The lowest BCUT2D eigenvalue weighted by molar-refractivity contribution is 0.0300. The van der Waals surface area contributed by atoms with Gasteiger partial charge in [0.2, 0.25) is 0 Å². The van der Waals surface area contributed by atoms with Crippen LogP contribution in [0.4, 0.5) is 0 Å². The standard InChI is InChI=1S/C12H11IN4O4/c13-7-5-8(18)17(20)11-9(7)10(14-6-15-11)12(19)16-1-3-21-4-2-16/h5-6,20H,1-4H2. The molecule has 0 bridgehead atoms. The van der Waals surface area contributed by atoms with E-state index in [9.17, 15) is 14.8 Å². The monoisotopic (exact) mass is 402 g/mol. The zero-order chi connectivity index (χ0) is 15.0. The van der Waals surface area contributed by atoms with E-state index in [4.69, 9.17) is 4.74 Å². The molecule has 2 aromatic heterocycles. The van der Waals surface area contributed by atoms with Crippen LogP contribution in [0.25, 0.3) is 11.0 Å². The Morgan fingerprint density at radius 3 is 2.76 bits per heavy atom. The van der Waals surface area contributed by atoms with Gasteiger partial charge in [-0.1, -0.05) is 0 Å². The molecule has 110 valence electrons. The van der Waals surface area contributed by atoms with Gasteiger partial charge in [-0.2, -0.15) is 0 Å². The molecule has 0 unspecified atom stereocenters. The van der Waals surface area contributed by atoms with Crippen LogP contribution in [0, 0.1) is 3.57 Å². The summed E-state index contributed by atoms with van der Waals surface area (Å²) in [6, 6.07) is 1.24. The lowest BCUT2D eigenvalue weighted by Crippen LogP contribution is -2.41. The molecule has 0 saturated carbocycles. The molecular weight excluding hydrogens is 391 g/mol. The van der Waals surface area contributed by atoms with E-state index >= 15 is 0 Å². The van der Waals surface area contributed by atoms with Gasteiger partial charge >= 0.3 is 0 Å². The molecule has 0 aromatic carbocycles. The molecule has 3 heterocycles. The predicted molar refractivity (Wildman–Crippen MR) is 80.4 cm³/mol. The van der Waals surface area contributed by atoms with Crippen LogP contribution >= 0.6 is 22.6 Å². The number of carbonyl (C=O) groups excluding carboxylic acids is 1. The molecule has 9 heteroatoms. The van der Waals surface area contributed by atoms with Crippen molar-refractivity contribution in [2.24, 2.45) is 0 Å². The number of carbonyl (C=O) groups is 1. The fourth-order valence-corrected chi connectivity index (χ4v) is 2.94. The van der Waals surface area contributed by atoms with Crippen LogP contribution in [0.1, 0.15) is 10.5 Å². The van der Waals surface area contributed by atoms with E-state index < -0.39 is 5.56 Å². The zero-order valence-electron chi connectivity index (χ0n) is 10.8. The van der Waals surface area contributed by atoms with E-state index in [0.29, 0.717) is 40.0 Å². The summed E-state index contributed by atoms with van der Waals surface area (Å²) in [4.78, 5) is 33.7. The van der Waals surface area contributed by atoms with E-state index in [-0.39, 0.29) is 17.2 Å². The number of morpholine rings is 1. The first-order valence-corrected chi connectivity index (χ1v) is 7.30. The normalized spacial score (nSPS) is 15.4. The fourth-order valence-electron chi connectivity index (χ4n) is 2.18. The van der Waals surface area contributed by atoms with Gasteiger partial charge in [0.05, 0.1) is 18.6 Å². The van der Waals surface area contributed by atoms with Crippen LogP contribution in [-0.4, -0.2) is 57.0 Å². The average Bonchev–Trinajstić information content (AvgIpc) is 2.52. The third-order valence-electron chi connectivity index (χ3n) is 3.23. The summed E-state index contributed by atoms with van der Waals surface area (Å²) in [5.41, 5.74) is -0.400. The Morgan fingerprint density at radius 1 is 1.33 bits per heavy atom. The maximum absolute atomic E-state index is 12.6. The van der Waals surface area contributed by atoms with Gasteiger partial charge in [0.15, 0.2) is 5.65 Å². The Bertz CT molecular complexity index is 770. The molecule has 1 N–H and O–H groups in total. The van der Waals surface area contributed by atoms with Gasteiger partial charge in [-0.25, -0.2) is 9.97 Å². The first-order chi connectivity index (χ1) is 10.1.